The van der Waals surface area contributed by atoms with Crippen LogP contribution in [0.3, 0.4) is 0 Å². The maximum absolute atomic E-state index is 14.5. The van der Waals surface area contributed by atoms with Crippen LogP contribution in [0.4, 0.5) is 20.2 Å². The molecule has 147 heavy (non-hydrogen) atoms. The molecule has 4 saturated heterocycles. The van der Waals surface area contributed by atoms with Gasteiger partial charge in [-0.3, -0.25) is 55.8 Å². The fraction of sp³-hybridized carbons (Fsp3) is 0.319. The van der Waals surface area contributed by atoms with Crippen LogP contribution < -0.4 is 67.2 Å². The van der Waals surface area contributed by atoms with Crippen LogP contribution in [0.1, 0.15) is 113 Å². The molecule has 0 aliphatic carbocycles. The molecule has 18 aromatic rings. The van der Waals surface area contributed by atoms with E-state index in [1.807, 2.05) is 147 Å². The number of piperazine rings is 2. The second-order valence-electron chi connectivity index (χ2n) is 38.2. The van der Waals surface area contributed by atoms with Crippen LogP contribution in [0.2, 0.25) is 0 Å². The Balaban J connectivity index is 0.000000112. The second-order valence-corrected chi connectivity index (χ2v) is 38.2. The van der Waals surface area contributed by atoms with Crippen molar-refractivity contribution in [3.63, 3.8) is 0 Å². The van der Waals surface area contributed by atoms with E-state index >= 15 is 0 Å². The van der Waals surface area contributed by atoms with E-state index in [0.29, 0.717) is 155 Å². The van der Waals surface area contributed by atoms with Gasteiger partial charge in [-0.2, -0.15) is 0 Å². The molecule has 5 aromatic carbocycles. The van der Waals surface area contributed by atoms with Gasteiger partial charge in [0.25, 0.3) is 27.8 Å². The summed E-state index contributed by atoms with van der Waals surface area (Å²) in [5.41, 5.74) is 18.7. The number of benzene rings is 5. The minimum atomic E-state index is -0.498. The van der Waals surface area contributed by atoms with Crippen LogP contribution in [0.15, 0.2) is 250 Å². The highest BCUT2D eigenvalue weighted by Crippen LogP contribution is 2.43. The van der Waals surface area contributed by atoms with E-state index in [1.165, 1.54) is 66.7 Å². The fourth-order valence-electron chi connectivity index (χ4n) is 20.7. The number of oxazole rings is 3. The summed E-state index contributed by atoms with van der Waals surface area (Å²) in [6.45, 7) is 25.4. The van der Waals surface area contributed by atoms with Crippen molar-refractivity contribution >= 4 is 84.1 Å². The SMILES string of the molecule is CCCN1CC=C(c2ccc3nc(-c4cc(F)c5nc(C)oc5c4)cc(=O)n3c2)CC1.CCN1CC=C(c2ccc3nc(-c4cc(F)c5nc(C)oc5c4)cc(=O)n3c2)CC1.COc1ccc(-c2cc(=O)n3cc(C4C[C@H]5CC[C@@H](C4)N5C)ccc3n2)cc1OC.COc1ccc(-c2cc(=O)n3cc(N4CCNC[C@H]4C)ccc3n2)cc1OC.Cc1nc2ccc(-c3cc(=O)n4cc(N5CCN[C@@H](C)C5)ccc4n3)cc2o1. The van der Waals surface area contributed by atoms with Gasteiger partial charge in [0.1, 0.15) is 44.8 Å². The first-order valence-electron chi connectivity index (χ1n) is 49.9. The molecule has 754 valence electrons. The summed E-state index contributed by atoms with van der Waals surface area (Å²) in [5.74, 6) is 3.42. The molecule has 32 nitrogen and oxygen atoms in total. The third-order valence-electron chi connectivity index (χ3n) is 28.6. The lowest BCUT2D eigenvalue weighted by molar-refractivity contribution is 0.161. The van der Waals surface area contributed by atoms with Crippen molar-refractivity contribution in [3.05, 3.63) is 311 Å². The molecule has 0 radical (unpaired) electrons. The van der Waals surface area contributed by atoms with Crippen molar-refractivity contribution in [1.29, 1.82) is 0 Å². The number of likely N-dealkylation sites (N-methyl/N-ethyl adjacent to an activating group) is 1. The molecule has 0 saturated carbocycles. The molecule has 0 amide bonds. The first-order chi connectivity index (χ1) is 71.3. The Hall–Kier alpha value is -15.8. The van der Waals surface area contributed by atoms with Gasteiger partial charge in [0, 0.05) is 200 Å². The molecule has 24 rings (SSSR count). The number of pyridine rings is 5. The first kappa shape index (κ1) is 98.6. The lowest BCUT2D eigenvalue weighted by Crippen LogP contribution is -2.50. The number of hydrogen-bond donors (Lipinski definition) is 2. The van der Waals surface area contributed by atoms with E-state index in [2.05, 4.69) is 118 Å². The van der Waals surface area contributed by atoms with E-state index in [4.69, 9.17) is 42.2 Å². The van der Waals surface area contributed by atoms with E-state index in [1.54, 1.807) is 94.6 Å². The quantitative estimate of drug-likeness (QED) is 0.0855. The maximum atomic E-state index is 14.5. The minimum Gasteiger partial charge on any atom is -0.493 e. The van der Waals surface area contributed by atoms with Gasteiger partial charge in [-0.25, -0.2) is 48.7 Å². The zero-order chi connectivity index (χ0) is 102. The predicted molar refractivity (Wildman–Crippen MR) is 567 cm³/mol. The van der Waals surface area contributed by atoms with E-state index in [-0.39, 0.29) is 38.8 Å². The van der Waals surface area contributed by atoms with Gasteiger partial charge >= 0.3 is 0 Å². The number of halogens is 2. The number of methoxy groups -OCH3 is 4. The third-order valence-corrected chi connectivity index (χ3v) is 28.6. The largest absolute Gasteiger partial charge is 0.493 e. The number of aryl methyl sites for hydroxylation is 3. The second kappa shape index (κ2) is 42.5. The van der Waals surface area contributed by atoms with Crippen molar-refractivity contribution in [2.45, 2.75) is 123 Å². The maximum Gasteiger partial charge on any atom is 0.258 e. The lowest BCUT2D eigenvalue weighted by Gasteiger charge is -2.36. The zero-order valence-electron chi connectivity index (χ0n) is 84.2. The highest BCUT2D eigenvalue weighted by Gasteiger charge is 2.39. The monoisotopic (exact) mass is 1980 g/mol. The molecule has 6 aliphatic rings. The Morgan fingerprint density at radius 2 is 0.850 bits per heavy atom. The first-order valence-corrected chi connectivity index (χ1v) is 49.9. The van der Waals surface area contributed by atoms with E-state index < -0.39 is 11.6 Å². The van der Waals surface area contributed by atoms with Crippen LogP contribution in [0.5, 0.6) is 23.0 Å². The van der Waals surface area contributed by atoms with Crippen molar-refractivity contribution in [1.82, 2.24) is 87.2 Å². The van der Waals surface area contributed by atoms with Gasteiger partial charge in [0.05, 0.1) is 68.3 Å². The highest BCUT2D eigenvalue weighted by atomic mass is 19.1. The molecule has 1 unspecified atom stereocenters. The van der Waals surface area contributed by atoms with E-state index in [9.17, 15) is 32.8 Å². The molecule has 6 aliphatic heterocycles. The highest BCUT2D eigenvalue weighted by molar-refractivity contribution is 5.84. The van der Waals surface area contributed by atoms with Crippen LogP contribution in [0.25, 0.3) is 129 Å². The number of ether oxygens (including phenoxy) is 4. The molecule has 4 fully saturated rings. The molecular weight excluding hydrogens is 1870 g/mol. The molecule has 34 heteroatoms. The van der Waals surface area contributed by atoms with Crippen molar-refractivity contribution in [3.8, 4) is 79.3 Å². The molecule has 5 atom stereocenters. The summed E-state index contributed by atoms with van der Waals surface area (Å²) in [4.78, 5) is 112. The molecule has 0 spiro atoms. The Bertz CT molecular complexity index is 8460. The van der Waals surface area contributed by atoms with Gasteiger partial charge < -0.3 is 57.5 Å². The predicted octanol–water partition coefficient (Wildman–Crippen LogP) is 17.0. The molecule has 13 aromatic heterocycles. The van der Waals surface area contributed by atoms with Gasteiger partial charge in [0.15, 0.2) is 69.1 Å². The fourth-order valence-corrected chi connectivity index (χ4v) is 20.7. The Morgan fingerprint density at radius 3 is 1.33 bits per heavy atom. The number of fused-ring (bicyclic) bond motifs is 10. The van der Waals surface area contributed by atoms with Crippen molar-refractivity contribution in [2.75, 3.05) is 124 Å². The van der Waals surface area contributed by atoms with Gasteiger partial charge in [-0.15, -0.1) is 0 Å². The number of nitrogens with zero attached hydrogens (tertiary/aromatic N) is 18. The summed E-state index contributed by atoms with van der Waals surface area (Å²) < 4.78 is 74.7. The number of aromatic nitrogens is 13. The van der Waals surface area contributed by atoms with Crippen LogP contribution in [-0.4, -0.2) is 215 Å². The number of nitrogens with one attached hydrogen (secondary N) is 2. The Labute approximate surface area is 844 Å². The van der Waals surface area contributed by atoms with Crippen LogP contribution in [0, 0.1) is 32.4 Å². The molecule has 2 N–H and O–H groups in total. The molecular formula is C113H116F2N20O12. The van der Waals surface area contributed by atoms with Crippen LogP contribution >= 0.6 is 0 Å². The summed E-state index contributed by atoms with van der Waals surface area (Å²) in [7, 11) is 8.63. The van der Waals surface area contributed by atoms with Crippen molar-refractivity contribution < 1.29 is 41.0 Å². The summed E-state index contributed by atoms with van der Waals surface area (Å²) >= 11 is 0. The molecule has 19 heterocycles. The van der Waals surface area contributed by atoms with Crippen LogP contribution in [-0.2, 0) is 0 Å². The normalized spacial score (nSPS) is 17.6. The van der Waals surface area contributed by atoms with Gasteiger partial charge in [-0.1, -0.05) is 38.1 Å². The Kier molecular flexibility index (Phi) is 28.5. The average molecular weight is 1980 g/mol. The van der Waals surface area contributed by atoms with Gasteiger partial charge in [-0.05, 0) is 240 Å². The summed E-state index contributed by atoms with van der Waals surface area (Å²) in [6, 6.07) is 52.1. The number of hydrogen-bond acceptors (Lipinski definition) is 27. The third kappa shape index (κ3) is 21.0. The van der Waals surface area contributed by atoms with Crippen molar-refractivity contribution in [2.24, 2.45) is 0 Å². The topological polar surface area (TPSA) is 327 Å². The smallest absolute Gasteiger partial charge is 0.258 e. The summed E-state index contributed by atoms with van der Waals surface area (Å²) in [6.07, 6.45) is 21.9. The number of rotatable bonds is 17. The summed E-state index contributed by atoms with van der Waals surface area (Å²) in [5, 5.41) is 6.82. The van der Waals surface area contributed by atoms with Gasteiger partial charge in [0.2, 0.25) is 0 Å². The average Bonchev–Trinajstić information content (AvgIpc) is 1.64. The molecule has 2 bridgehead atoms. The number of anilines is 2. The van der Waals surface area contributed by atoms with E-state index in [0.717, 1.165) is 143 Å². The zero-order valence-corrected chi connectivity index (χ0v) is 84.2. The number of piperidine rings is 1. The standard InChI is InChI=1S/C24H23FN4O2.C24H27N3O3.C23H21FN4O2.C21H21N5O2.C21H24N4O3/c1-3-8-28-9-6-16(7-10-28)17-4-5-22-27-20(13-23(30)29(22)14-17)18-11-19(25)24-21(12-18)31-15(2)26-24;1-26-18-6-7-19(26)11-17(10-18)16-5-9-23-25-20(13-24(28)27(23)14-16)15-4-8-21(29-2)22(12-15)30-3;1-3-27-8-6-15(7-9-27)16-4-5-21-26-19(12-22(29)28(21)13-16)17-10-18(24)23-20(11-17)30-14(2)25-23;1-13-11-25(8-7-22-13)16-4-6-20-24-18(10-21(27)26(20)12-16)15-3-5-17-19(9-15)28-14(2)23-17;1-14-12-22-8-9-24(14)16-5-7-20-23-17(11-21(26)25(20)13-16)15-4-6-18(27-2)19(10-15)28-3/h4-6,11-14H,3,7-10H2,1-2H3;4-5,8-9,12-14,17-19H,6-7,10-11H2,1-3H3;4-6,10-13H,3,7-9H2,1-2H3;3-6,9-10,12-13,22H,7-8,11H2,1-2H3;4-7,10-11,13-14,22H,8-9,12H2,1-3H3/t;17?,18-,19+;;13-;14-/m...01/s1. The lowest BCUT2D eigenvalue weighted by atomic mass is 9.86. The Morgan fingerprint density at radius 1 is 0.422 bits per heavy atom. The minimum absolute atomic E-state index is 0.0671.